The van der Waals surface area contributed by atoms with E-state index in [2.05, 4.69) is 11.2 Å². The van der Waals surface area contributed by atoms with Crippen molar-refractivity contribution in [2.24, 2.45) is 0 Å². The molecule has 1 aliphatic heterocycles. The van der Waals surface area contributed by atoms with Crippen LogP contribution in [0.25, 0.3) is 0 Å². The summed E-state index contributed by atoms with van der Waals surface area (Å²) in [6.07, 6.45) is 0.326. The lowest BCUT2D eigenvalue weighted by molar-refractivity contribution is -0.120. The lowest BCUT2D eigenvalue weighted by Gasteiger charge is -2.25. The van der Waals surface area contributed by atoms with Crippen molar-refractivity contribution in [2.75, 3.05) is 0 Å². The van der Waals surface area contributed by atoms with Crippen molar-refractivity contribution in [1.82, 2.24) is 5.32 Å². The molecule has 0 bridgehead atoms. The Kier molecular flexibility index (Phi) is 3.18. The maximum atomic E-state index is 11.5. The average Bonchev–Trinajstić information content (AvgIpc) is 2.28. The molecule has 0 aromatic heterocycles. The topological polar surface area (TPSA) is 53.0 Å². The third-order valence-electron chi connectivity index (χ3n) is 2.93. The van der Waals surface area contributed by atoms with E-state index in [9.17, 15) is 4.79 Å². The van der Waals surface area contributed by atoms with Gasteiger partial charge >= 0.3 is 0 Å². The van der Waals surface area contributed by atoms with Crippen LogP contribution in [-0.4, -0.2) is 16.8 Å². The highest BCUT2D eigenvalue weighted by Crippen LogP contribution is 2.31. The molecule has 1 aromatic carbocycles. The van der Waals surface area contributed by atoms with E-state index in [0.29, 0.717) is 17.0 Å². The van der Waals surface area contributed by atoms with Crippen molar-refractivity contribution in [1.29, 1.82) is 5.41 Å². The summed E-state index contributed by atoms with van der Waals surface area (Å²) in [4.78, 5) is 11.9. The average molecular weight is 244 g/mol. The summed E-state index contributed by atoms with van der Waals surface area (Å²) in [5, 5.41) is 9.89. The first-order valence-electron chi connectivity index (χ1n) is 5.32. The molecule has 1 saturated heterocycles. The van der Waals surface area contributed by atoms with Crippen LogP contribution < -0.4 is 5.32 Å². The van der Waals surface area contributed by atoms with Crippen LogP contribution in [-0.2, 0) is 4.79 Å². The monoisotopic (exact) mass is 244 g/mol. The normalized spacial score (nSPS) is 19.8. The Hall–Kier alpha value is -1.77. The van der Waals surface area contributed by atoms with Crippen molar-refractivity contribution < 1.29 is 4.79 Å². The highest BCUT2D eigenvalue weighted by Gasteiger charge is 2.30. The lowest BCUT2D eigenvalue weighted by atomic mass is 9.84. The number of hydrogen-bond donors (Lipinski definition) is 2. The Morgan fingerprint density at radius 2 is 2.18 bits per heavy atom. The van der Waals surface area contributed by atoms with Crippen LogP contribution in [0.1, 0.15) is 23.5 Å². The Morgan fingerprint density at radius 1 is 1.47 bits per heavy atom. The molecule has 0 radical (unpaired) electrons. The number of carbonyl (C=O) groups is 1. The summed E-state index contributed by atoms with van der Waals surface area (Å²) in [6, 6.07) is 7.85. The van der Waals surface area contributed by atoms with Crippen molar-refractivity contribution in [2.45, 2.75) is 19.3 Å². The number of aryl methyl sites for hydroxylation is 1. The van der Waals surface area contributed by atoms with Gasteiger partial charge in [-0.05, 0) is 23.9 Å². The van der Waals surface area contributed by atoms with Gasteiger partial charge in [-0.2, -0.15) is 0 Å². The van der Waals surface area contributed by atoms with Gasteiger partial charge in [-0.15, -0.1) is 0 Å². The molecule has 2 rings (SSSR count). The van der Waals surface area contributed by atoms with Gasteiger partial charge in [-0.3, -0.25) is 10.2 Å². The summed E-state index contributed by atoms with van der Waals surface area (Å²) in [7, 11) is 0. The van der Waals surface area contributed by atoms with E-state index in [1.165, 1.54) is 0 Å². The van der Waals surface area contributed by atoms with E-state index in [-0.39, 0.29) is 11.8 Å². The fourth-order valence-corrected chi connectivity index (χ4v) is 2.38. The number of thiocarbonyl (C=S) groups is 1. The molecule has 0 spiro atoms. The molecule has 0 saturated carbocycles. The highest BCUT2D eigenvalue weighted by molar-refractivity contribution is 7.80. The molecule has 1 aliphatic rings. The molecule has 86 valence electrons. The minimum atomic E-state index is -0.144. The van der Waals surface area contributed by atoms with E-state index >= 15 is 0 Å². The van der Waals surface area contributed by atoms with Crippen molar-refractivity contribution in [3.05, 3.63) is 41.0 Å². The SMILES string of the molecule is Cc1ccccc1C1CC(=O)NC(=S)C1=C=N. The largest absolute Gasteiger partial charge is 0.316 e. The minimum Gasteiger partial charge on any atom is -0.316 e. The minimum absolute atomic E-state index is 0.0951. The number of amides is 1. The zero-order valence-electron chi connectivity index (χ0n) is 9.41. The Balaban J connectivity index is 2.49. The van der Waals surface area contributed by atoms with Gasteiger partial charge in [0.05, 0.1) is 5.57 Å². The summed E-state index contributed by atoms with van der Waals surface area (Å²) in [5.41, 5.74) is 2.73. The molecule has 17 heavy (non-hydrogen) atoms. The standard InChI is InChI=1S/C13H12N2OS/c1-8-4-2-3-5-9(8)10-6-12(16)15-13(17)11(10)7-14/h2-5,10,14H,6H2,1H3,(H,15,16,17). The van der Waals surface area contributed by atoms with Gasteiger partial charge in [0.15, 0.2) is 0 Å². The van der Waals surface area contributed by atoms with E-state index < -0.39 is 0 Å². The predicted octanol–water partition coefficient (Wildman–Crippen LogP) is 2.10. The van der Waals surface area contributed by atoms with Crippen LogP contribution in [0.4, 0.5) is 0 Å². The van der Waals surface area contributed by atoms with E-state index in [4.69, 9.17) is 17.6 Å². The number of rotatable bonds is 1. The molecule has 3 nitrogen and oxygen atoms in total. The first-order chi connectivity index (χ1) is 8.13. The molecule has 2 N–H and O–H groups in total. The Labute approximate surface area is 105 Å². The Bertz CT molecular complexity index is 544. The third-order valence-corrected chi connectivity index (χ3v) is 3.26. The van der Waals surface area contributed by atoms with Crippen LogP contribution in [0.3, 0.4) is 0 Å². The molecular formula is C13H12N2OS. The molecule has 1 fully saturated rings. The smallest absolute Gasteiger partial charge is 0.226 e. The van der Waals surface area contributed by atoms with Gasteiger partial charge in [0, 0.05) is 12.3 Å². The number of nitrogens with one attached hydrogen (secondary N) is 2. The third kappa shape index (κ3) is 2.18. The van der Waals surface area contributed by atoms with Crippen molar-refractivity contribution >= 4 is 29.0 Å². The first kappa shape index (κ1) is 11.7. The lowest BCUT2D eigenvalue weighted by Crippen LogP contribution is -2.39. The molecule has 1 heterocycles. The fraction of sp³-hybridized carbons (Fsp3) is 0.231. The second-order valence-corrected chi connectivity index (χ2v) is 4.44. The summed E-state index contributed by atoms with van der Waals surface area (Å²) in [6.45, 7) is 1.99. The maximum Gasteiger partial charge on any atom is 0.226 e. The molecule has 4 heteroatoms. The molecule has 0 aliphatic carbocycles. The highest BCUT2D eigenvalue weighted by atomic mass is 32.1. The Morgan fingerprint density at radius 3 is 2.82 bits per heavy atom. The van der Waals surface area contributed by atoms with Crippen LogP contribution in [0.5, 0.6) is 0 Å². The van der Waals surface area contributed by atoms with E-state index in [1.54, 1.807) is 0 Å². The van der Waals surface area contributed by atoms with Crippen LogP contribution >= 0.6 is 12.2 Å². The second kappa shape index (κ2) is 4.62. The molecule has 1 aromatic rings. The molecular weight excluding hydrogens is 232 g/mol. The molecule has 1 amide bonds. The predicted molar refractivity (Wildman–Crippen MR) is 70.5 cm³/mol. The summed E-state index contributed by atoms with van der Waals surface area (Å²) in [5.74, 6) is 2.12. The van der Waals surface area contributed by atoms with Crippen LogP contribution in [0.15, 0.2) is 29.8 Å². The maximum absolute atomic E-state index is 11.5. The van der Waals surface area contributed by atoms with Gasteiger partial charge < -0.3 is 5.32 Å². The fourth-order valence-electron chi connectivity index (χ4n) is 2.08. The number of benzene rings is 1. The number of piperidine rings is 1. The van der Waals surface area contributed by atoms with Crippen LogP contribution in [0.2, 0.25) is 0 Å². The van der Waals surface area contributed by atoms with Gasteiger partial charge in [0.2, 0.25) is 5.91 Å². The van der Waals surface area contributed by atoms with Gasteiger partial charge in [0.25, 0.3) is 0 Å². The second-order valence-electron chi connectivity index (χ2n) is 4.03. The first-order valence-corrected chi connectivity index (χ1v) is 5.73. The van der Waals surface area contributed by atoms with Gasteiger partial charge in [-0.1, -0.05) is 36.5 Å². The summed E-state index contributed by atoms with van der Waals surface area (Å²) >= 11 is 5.07. The van der Waals surface area contributed by atoms with E-state index in [1.807, 2.05) is 31.2 Å². The molecule has 1 unspecified atom stereocenters. The van der Waals surface area contributed by atoms with Gasteiger partial charge in [-0.25, -0.2) is 0 Å². The number of carbonyl (C=O) groups excluding carboxylic acids is 1. The van der Waals surface area contributed by atoms with Crippen molar-refractivity contribution in [3.8, 4) is 0 Å². The zero-order valence-corrected chi connectivity index (χ0v) is 10.2. The van der Waals surface area contributed by atoms with Crippen molar-refractivity contribution in [3.63, 3.8) is 0 Å². The summed E-state index contributed by atoms with van der Waals surface area (Å²) < 4.78 is 0. The van der Waals surface area contributed by atoms with Gasteiger partial charge in [0.1, 0.15) is 4.99 Å². The molecule has 1 atom stereocenters. The zero-order chi connectivity index (χ0) is 12.4. The quantitative estimate of drug-likeness (QED) is 0.451. The number of hydrogen-bond acceptors (Lipinski definition) is 3. The van der Waals surface area contributed by atoms with Crippen LogP contribution in [0, 0.1) is 12.3 Å². The van der Waals surface area contributed by atoms with E-state index in [0.717, 1.165) is 11.1 Å².